The Balaban J connectivity index is 2.04. The first kappa shape index (κ1) is 15.7. The molecule has 0 saturated heterocycles. The van der Waals surface area contributed by atoms with Gasteiger partial charge in [0.1, 0.15) is 0 Å². The monoisotopic (exact) mass is 283 g/mol. The Morgan fingerprint density at radius 3 is 2.10 bits per heavy atom. The Hall–Kier alpha value is -1.72. The number of aromatic nitrogens is 2. The second kappa shape index (κ2) is 5.96. The molecule has 0 unspecified atom stereocenters. The first-order valence-corrected chi connectivity index (χ1v) is 6.90. The van der Waals surface area contributed by atoms with Gasteiger partial charge in [0.2, 0.25) is 0 Å². The van der Waals surface area contributed by atoms with E-state index in [2.05, 4.69) is 9.97 Å². The molecular weight excluding hydrogens is 263 g/mol. The number of hydrogen-bond donors (Lipinski definition) is 1. The summed E-state index contributed by atoms with van der Waals surface area (Å²) in [5.41, 5.74) is 0.275. The van der Waals surface area contributed by atoms with Crippen LogP contribution >= 0.6 is 0 Å². The van der Waals surface area contributed by atoms with Crippen LogP contribution in [0.15, 0.2) is 42.7 Å². The maximum absolute atomic E-state index is 10.1. The summed E-state index contributed by atoms with van der Waals surface area (Å²) in [5, 5.41) is 10.1. The summed E-state index contributed by atoms with van der Waals surface area (Å²) in [4.78, 5) is 8.42. The highest BCUT2D eigenvalue weighted by Crippen LogP contribution is 2.24. The predicted octanol–water partition coefficient (Wildman–Crippen LogP) is 1.95. The summed E-state index contributed by atoms with van der Waals surface area (Å²) in [6.07, 6.45) is 3.44. The molecule has 0 amide bonds. The third kappa shape index (κ3) is 3.89. The van der Waals surface area contributed by atoms with Gasteiger partial charge in [-0.1, -0.05) is 29.7 Å². The van der Waals surface area contributed by atoms with Gasteiger partial charge in [0.05, 0.1) is 11.2 Å². The number of benzene rings is 1. The molecule has 1 N–H and O–H groups in total. The zero-order valence-electron chi connectivity index (χ0n) is 12.9. The maximum Gasteiger partial charge on any atom is 0.330 e. The second-order valence-corrected chi connectivity index (χ2v) is 6.00. The van der Waals surface area contributed by atoms with Gasteiger partial charge in [0, 0.05) is 18.0 Å². The predicted molar refractivity (Wildman–Crippen MR) is 84.3 cm³/mol. The quantitative estimate of drug-likeness (QED) is 0.852. The van der Waals surface area contributed by atoms with Crippen LogP contribution in [-0.2, 0) is 4.65 Å². The molecule has 2 rings (SSSR count). The summed E-state index contributed by atoms with van der Waals surface area (Å²) < 4.78 is 5.72. The number of nitrogens with zero attached hydrogens (tertiary/aromatic N) is 2. The van der Waals surface area contributed by atoms with Crippen LogP contribution < -0.4 is 5.46 Å². The van der Waals surface area contributed by atoms with Crippen LogP contribution in [0.4, 0.5) is 0 Å². The van der Waals surface area contributed by atoms with Gasteiger partial charge in [0.15, 0.2) is 5.82 Å². The molecule has 0 fully saturated rings. The van der Waals surface area contributed by atoms with Crippen molar-refractivity contribution in [3.05, 3.63) is 42.7 Å². The minimum Gasteiger partial charge on any atom is -0.427 e. The van der Waals surface area contributed by atoms with Crippen molar-refractivity contribution < 1.29 is 9.76 Å². The molecule has 0 saturated carbocycles. The standard InChI is InChI=1S/C16H20BN2O2/c1-15(2,20)16(3,4)21-17-13-8-6-12(7-9-13)14-18-10-5-11-19-14/h5-11,20H,1-4H3. The average Bonchev–Trinajstić information content (AvgIpc) is 2.45. The van der Waals surface area contributed by atoms with Crippen molar-refractivity contribution in [2.24, 2.45) is 0 Å². The highest BCUT2D eigenvalue weighted by Gasteiger charge is 2.35. The number of rotatable bonds is 5. The topological polar surface area (TPSA) is 55.2 Å². The lowest BCUT2D eigenvalue weighted by atomic mass is 9.82. The highest BCUT2D eigenvalue weighted by atomic mass is 16.5. The summed E-state index contributed by atoms with van der Waals surface area (Å²) >= 11 is 0. The van der Waals surface area contributed by atoms with Gasteiger partial charge >= 0.3 is 7.48 Å². The minimum atomic E-state index is -0.929. The summed E-state index contributed by atoms with van der Waals surface area (Å²) in [6, 6.07) is 9.56. The van der Waals surface area contributed by atoms with E-state index in [-0.39, 0.29) is 0 Å². The largest absolute Gasteiger partial charge is 0.427 e. The van der Waals surface area contributed by atoms with Crippen molar-refractivity contribution in [2.45, 2.75) is 38.9 Å². The van der Waals surface area contributed by atoms with Crippen molar-refractivity contribution in [3.63, 3.8) is 0 Å². The third-order valence-electron chi connectivity index (χ3n) is 3.70. The molecule has 4 nitrogen and oxygen atoms in total. The molecule has 109 valence electrons. The van der Waals surface area contributed by atoms with Gasteiger partial charge in [-0.15, -0.1) is 0 Å². The van der Waals surface area contributed by atoms with Crippen LogP contribution in [-0.4, -0.2) is 33.8 Å². The third-order valence-corrected chi connectivity index (χ3v) is 3.70. The first-order valence-electron chi connectivity index (χ1n) is 6.90. The van der Waals surface area contributed by atoms with E-state index in [0.717, 1.165) is 11.0 Å². The van der Waals surface area contributed by atoms with E-state index in [1.807, 2.05) is 38.1 Å². The van der Waals surface area contributed by atoms with Gasteiger partial charge in [-0.05, 0) is 33.8 Å². The van der Waals surface area contributed by atoms with E-state index < -0.39 is 11.2 Å². The van der Waals surface area contributed by atoms with Crippen LogP contribution in [0.25, 0.3) is 11.4 Å². The number of aliphatic hydroxyl groups is 1. The van der Waals surface area contributed by atoms with Crippen LogP contribution in [0.3, 0.4) is 0 Å². The molecule has 0 aliphatic rings. The van der Waals surface area contributed by atoms with E-state index in [1.165, 1.54) is 0 Å². The molecule has 0 atom stereocenters. The lowest BCUT2D eigenvalue weighted by molar-refractivity contribution is -0.0893. The molecule has 1 heterocycles. The maximum atomic E-state index is 10.1. The van der Waals surface area contributed by atoms with Crippen molar-refractivity contribution in [1.29, 1.82) is 0 Å². The van der Waals surface area contributed by atoms with Gasteiger partial charge in [-0.3, -0.25) is 0 Å². The molecule has 0 aliphatic heterocycles. The Morgan fingerprint density at radius 2 is 1.57 bits per heavy atom. The van der Waals surface area contributed by atoms with Crippen LogP contribution in [0.1, 0.15) is 27.7 Å². The van der Waals surface area contributed by atoms with Crippen molar-refractivity contribution in [1.82, 2.24) is 9.97 Å². The minimum absolute atomic E-state index is 0.672. The Labute approximate surface area is 126 Å². The fraction of sp³-hybridized carbons (Fsp3) is 0.375. The van der Waals surface area contributed by atoms with Gasteiger partial charge < -0.3 is 9.76 Å². The Morgan fingerprint density at radius 1 is 1.00 bits per heavy atom. The normalized spacial score (nSPS) is 12.2. The molecule has 1 radical (unpaired) electrons. The zero-order valence-corrected chi connectivity index (χ0v) is 12.9. The van der Waals surface area contributed by atoms with E-state index in [4.69, 9.17) is 4.65 Å². The fourth-order valence-corrected chi connectivity index (χ4v) is 1.52. The summed E-state index contributed by atoms with van der Waals surface area (Å²) in [6.45, 7) is 7.18. The summed E-state index contributed by atoms with van der Waals surface area (Å²) in [5.74, 6) is 0.696. The zero-order chi connectivity index (χ0) is 15.5. The highest BCUT2D eigenvalue weighted by molar-refractivity contribution is 6.47. The molecular formula is C16H20BN2O2. The van der Waals surface area contributed by atoms with Crippen LogP contribution in [0.2, 0.25) is 0 Å². The van der Waals surface area contributed by atoms with Crippen molar-refractivity contribution in [3.8, 4) is 11.4 Å². The molecule has 5 heteroatoms. The lowest BCUT2D eigenvalue weighted by Crippen LogP contribution is -2.49. The van der Waals surface area contributed by atoms with Crippen LogP contribution in [0.5, 0.6) is 0 Å². The molecule has 21 heavy (non-hydrogen) atoms. The Kier molecular flexibility index (Phi) is 4.44. The van der Waals surface area contributed by atoms with Gasteiger partial charge in [0.25, 0.3) is 0 Å². The first-order chi connectivity index (χ1) is 9.79. The number of hydrogen-bond acceptors (Lipinski definition) is 4. The van der Waals surface area contributed by atoms with Crippen molar-refractivity contribution in [2.75, 3.05) is 0 Å². The lowest BCUT2D eigenvalue weighted by Gasteiger charge is -2.37. The van der Waals surface area contributed by atoms with Crippen molar-refractivity contribution >= 4 is 12.9 Å². The fourth-order valence-electron chi connectivity index (χ4n) is 1.52. The van der Waals surface area contributed by atoms with E-state index in [1.54, 1.807) is 39.8 Å². The smallest absolute Gasteiger partial charge is 0.330 e. The van der Waals surface area contributed by atoms with Gasteiger partial charge in [-0.2, -0.15) is 0 Å². The molecule has 1 aromatic carbocycles. The van der Waals surface area contributed by atoms with E-state index in [0.29, 0.717) is 5.82 Å². The van der Waals surface area contributed by atoms with E-state index >= 15 is 0 Å². The van der Waals surface area contributed by atoms with E-state index in [9.17, 15) is 5.11 Å². The van der Waals surface area contributed by atoms with Gasteiger partial charge in [-0.25, -0.2) is 9.97 Å². The summed E-state index contributed by atoms with van der Waals surface area (Å²) in [7, 11) is 1.66. The molecule has 0 bridgehead atoms. The average molecular weight is 283 g/mol. The Bertz CT molecular complexity index is 577. The second-order valence-electron chi connectivity index (χ2n) is 6.00. The molecule has 0 aliphatic carbocycles. The SMILES string of the molecule is CC(C)(O)C(C)(C)O[B]c1ccc(-c2ncccn2)cc1. The molecule has 2 aromatic rings. The molecule has 0 spiro atoms. The van der Waals surface area contributed by atoms with Crippen LogP contribution in [0, 0.1) is 0 Å². The molecule has 1 aromatic heterocycles.